The number of hydrogen-bond donors (Lipinski definition) is 1. The molecule has 0 fully saturated rings. The molecule has 2 aliphatic rings. The van der Waals surface area contributed by atoms with Crippen molar-refractivity contribution in [3.63, 3.8) is 0 Å². The molecule has 2 aromatic carbocycles. The molecule has 2 aromatic rings. The summed E-state index contributed by atoms with van der Waals surface area (Å²) in [7, 11) is 0. The molecule has 0 spiro atoms. The first-order valence-electron chi connectivity index (χ1n) is 9.23. The Balaban J connectivity index is 1.65. The van der Waals surface area contributed by atoms with Gasteiger partial charge < -0.3 is 10.2 Å². The molecule has 27 heavy (non-hydrogen) atoms. The van der Waals surface area contributed by atoms with Gasteiger partial charge in [-0.15, -0.1) is 18.3 Å². The predicted molar refractivity (Wildman–Crippen MR) is 109 cm³/mol. The van der Waals surface area contributed by atoms with E-state index in [1.54, 1.807) is 17.8 Å². The molecule has 0 aromatic heterocycles. The van der Waals surface area contributed by atoms with E-state index in [1.165, 1.54) is 11.1 Å². The average molecular weight is 378 g/mol. The first kappa shape index (κ1) is 17.9. The molecule has 1 atom stereocenters. The molecule has 0 saturated heterocycles. The number of rotatable bonds is 4. The van der Waals surface area contributed by atoms with E-state index in [-0.39, 0.29) is 17.9 Å². The highest BCUT2D eigenvalue weighted by molar-refractivity contribution is 7.99. The van der Waals surface area contributed by atoms with Crippen LogP contribution in [0, 0.1) is 0 Å². The van der Waals surface area contributed by atoms with E-state index < -0.39 is 0 Å². The SMILES string of the molecule is C=CCN(C(=O)c1ccc2c(c1)NC(=O)CCS2)[C@@H]1CCc2ccccc21. The molecule has 0 radical (unpaired) electrons. The second-order valence-electron chi connectivity index (χ2n) is 6.86. The molecule has 0 saturated carbocycles. The number of carbonyl (C=O) groups excluding carboxylic acids is 2. The minimum absolute atomic E-state index is 0.00137. The minimum atomic E-state index is -0.0251. The van der Waals surface area contributed by atoms with E-state index in [0.717, 1.165) is 29.2 Å². The first-order valence-corrected chi connectivity index (χ1v) is 10.2. The van der Waals surface area contributed by atoms with E-state index in [4.69, 9.17) is 0 Å². The lowest BCUT2D eigenvalue weighted by Gasteiger charge is -2.29. The molecule has 2 amide bonds. The smallest absolute Gasteiger partial charge is 0.254 e. The molecule has 4 nitrogen and oxygen atoms in total. The molecule has 5 heteroatoms. The van der Waals surface area contributed by atoms with Crippen LogP contribution in [0.15, 0.2) is 60.0 Å². The number of nitrogens with zero attached hydrogens (tertiary/aromatic N) is 1. The normalized spacial score (nSPS) is 18.1. The summed E-state index contributed by atoms with van der Waals surface area (Å²) in [6.07, 6.45) is 4.18. The predicted octanol–water partition coefficient (Wildman–Crippen LogP) is 4.44. The average Bonchev–Trinajstić information content (AvgIpc) is 3.01. The fourth-order valence-electron chi connectivity index (χ4n) is 3.87. The Kier molecular flexibility index (Phi) is 5.03. The lowest BCUT2D eigenvalue weighted by molar-refractivity contribution is -0.115. The van der Waals surface area contributed by atoms with Gasteiger partial charge >= 0.3 is 0 Å². The van der Waals surface area contributed by atoms with Crippen LogP contribution in [0.1, 0.15) is 40.4 Å². The van der Waals surface area contributed by atoms with E-state index >= 15 is 0 Å². The molecule has 138 valence electrons. The number of hydrogen-bond acceptors (Lipinski definition) is 3. The van der Waals surface area contributed by atoms with Crippen molar-refractivity contribution in [1.29, 1.82) is 0 Å². The third-order valence-electron chi connectivity index (χ3n) is 5.15. The van der Waals surface area contributed by atoms with E-state index in [2.05, 4.69) is 24.0 Å². The van der Waals surface area contributed by atoms with Crippen molar-refractivity contribution in [1.82, 2.24) is 4.90 Å². The van der Waals surface area contributed by atoms with Crippen LogP contribution in [-0.2, 0) is 11.2 Å². The van der Waals surface area contributed by atoms with Crippen LogP contribution < -0.4 is 5.32 Å². The fourth-order valence-corrected chi connectivity index (χ4v) is 4.81. The second-order valence-corrected chi connectivity index (χ2v) is 7.99. The Morgan fingerprint density at radius 1 is 1.26 bits per heavy atom. The Morgan fingerprint density at radius 3 is 2.96 bits per heavy atom. The van der Waals surface area contributed by atoms with Crippen LogP contribution in [0.3, 0.4) is 0 Å². The Morgan fingerprint density at radius 2 is 2.11 bits per heavy atom. The maximum Gasteiger partial charge on any atom is 0.254 e. The summed E-state index contributed by atoms with van der Waals surface area (Å²) >= 11 is 1.64. The van der Waals surface area contributed by atoms with Crippen molar-refractivity contribution in [2.75, 3.05) is 17.6 Å². The molecular formula is C22H22N2O2S. The molecule has 0 bridgehead atoms. The van der Waals surface area contributed by atoms with Crippen molar-refractivity contribution in [3.8, 4) is 0 Å². The van der Waals surface area contributed by atoms with Crippen LogP contribution in [0.25, 0.3) is 0 Å². The zero-order valence-corrected chi connectivity index (χ0v) is 15.9. The first-order chi connectivity index (χ1) is 13.2. The van der Waals surface area contributed by atoms with Crippen molar-refractivity contribution < 1.29 is 9.59 Å². The van der Waals surface area contributed by atoms with Crippen molar-refractivity contribution in [2.24, 2.45) is 0 Å². The maximum atomic E-state index is 13.3. The maximum absolute atomic E-state index is 13.3. The number of anilines is 1. The van der Waals surface area contributed by atoms with Gasteiger partial charge in [0.25, 0.3) is 5.91 Å². The van der Waals surface area contributed by atoms with Gasteiger partial charge in [-0.25, -0.2) is 0 Å². The number of carbonyl (C=O) groups is 2. The third kappa shape index (κ3) is 3.52. The molecule has 1 N–H and O–H groups in total. The monoisotopic (exact) mass is 378 g/mol. The summed E-state index contributed by atoms with van der Waals surface area (Å²) < 4.78 is 0. The Bertz CT molecular complexity index is 909. The molecule has 1 aliphatic carbocycles. The van der Waals surface area contributed by atoms with Crippen LogP contribution in [0.4, 0.5) is 5.69 Å². The molecular weight excluding hydrogens is 356 g/mol. The van der Waals surface area contributed by atoms with Gasteiger partial charge in [0.15, 0.2) is 0 Å². The van der Waals surface area contributed by atoms with Crippen LogP contribution in [0.2, 0.25) is 0 Å². The van der Waals surface area contributed by atoms with Gasteiger partial charge in [0.2, 0.25) is 5.91 Å². The number of benzene rings is 2. The van der Waals surface area contributed by atoms with Gasteiger partial charge in [0.1, 0.15) is 0 Å². The highest BCUT2D eigenvalue weighted by atomic mass is 32.2. The topological polar surface area (TPSA) is 49.4 Å². The van der Waals surface area contributed by atoms with Gasteiger partial charge in [-0.2, -0.15) is 0 Å². The molecule has 4 rings (SSSR count). The number of nitrogens with one attached hydrogen (secondary N) is 1. The summed E-state index contributed by atoms with van der Waals surface area (Å²) in [5, 5.41) is 2.92. The molecule has 1 heterocycles. The Labute approximate surface area is 163 Å². The fraction of sp³-hybridized carbons (Fsp3) is 0.273. The van der Waals surface area contributed by atoms with Crippen LogP contribution in [0.5, 0.6) is 0 Å². The van der Waals surface area contributed by atoms with Gasteiger partial charge in [-0.1, -0.05) is 30.3 Å². The zero-order valence-electron chi connectivity index (χ0n) is 15.1. The number of aryl methyl sites for hydroxylation is 1. The zero-order chi connectivity index (χ0) is 18.8. The van der Waals surface area contributed by atoms with E-state index in [9.17, 15) is 9.59 Å². The van der Waals surface area contributed by atoms with E-state index in [1.807, 2.05) is 35.2 Å². The molecule has 1 aliphatic heterocycles. The van der Waals surface area contributed by atoms with Gasteiger partial charge in [-0.3, -0.25) is 9.59 Å². The summed E-state index contributed by atoms with van der Waals surface area (Å²) in [4.78, 5) is 28.1. The third-order valence-corrected chi connectivity index (χ3v) is 6.23. The van der Waals surface area contributed by atoms with Gasteiger partial charge in [0.05, 0.1) is 11.7 Å². The van der Waals surface area contributed by atoms with E-state index in [0.29, 0.717) is 18.5 Å². The summed E-state index contributed by atoms with van der Waals surface area (Å²) in [5.74, 6) is 0.731. The second kappa shape index (κ2) is 7.61. The summed E-state index contributed by atoms with van der Waals surface area (Å²) in [6.45, 7) is 4.34. The summed E-state index contributed by atoms with van der Waals surface area (Å²) in [5.41, 5.74) is 3.88. The van der Waals surface area contributed by atoms with Crippen molar-refractivity contribution in [3.05, 3.63) is 71.8 Å². The summed E-state index contributed by atoms with van der Waals surface area (Å²) in [6, 6.07) is 14.0. The number of fused-ring (bicyclic) bond motifs is 2. The standard InChI is InChI=1S/C22H22N2O2S/c1-2-12-24(19-9-7-15-5-3-4-6-17(15)19)22(26)16-8-10-20-18(14-16)23-21(25)11-13-27-20/h2-6,8,10,14,19H,1,7,9,11-13H2,(H,23,25)/t19-/m1/s1. The highest BCUT2D eigenvalue weighted by Gasteiger charge is 2.31. The van der Waals surface area contributed by atoms with Crippen LogP contribution in [-0.4, -0.2) is 29.0 Å². The lowest BCUT2D eigenvalue weighted by atomic mass is 10.1. The van der Waals surface area contributed by atoms with Crippen molar-refractivity contribution >= 4 is 29.3 Å². The minimum Gasteiger partial charge on any atom is -0.328 e. The Hall–Kier alpha value is -2.53. The largest absolute Gasteiger partial charge is 0.328 e. The quantitative estimate of drug-likeness (QED) is 0.801. The van der Waals surface area contributed by atoms with Crippen LogP contribution >= 0.6 is 11.8 Å². The van der Waals surface area contributed by atoms with Gasteiger partial charge in [-0.05, 0) is 42.2 Å². The number of thioether (sulfide) groups is 1. The number of amides is 2. The molecule has 0 unspecified atom stereocenters. The van der Waals surface area contributed by atoms with Gasteiger partial charge in [0, 0.05) is 29.2 Å². The highest BCUT2D eigenvalue weighted by Crippen LogP contribution is 2.37. The lowest BCUT2D eigenvalue weighted by Crippen LogP contribution is -2.34. The van der Waals surface area contributed by atoms with Crippen molar-refractivity contribution in [2.45, 2.75) is 30.2 Å².